The zero-order valence-electron chi connectivity index (χ0n) is 27.3. The number of methoxy groups -OCH3 is 2. The van der Waals surface area contributed by atoms with Crippen LogP contribution >= 0.6 is 0 Å². The summed E-state index contributed by atoms with van der Waals surface area (Å²) in [6.07, 6.45) is -1.68. The van der Waals surface area contributed by atoms with Gasteiger partial charge in [0, 0.05) is 19.6 Å². The molecule has 10 heteroatoms. The van der Waals surface area contributed by atoms with E-state index in [0.717, 1.165) is 6.54 Å². The summed E-state index contributed by atoms with van der Waals surface area (Å²) in [6.45, 7) is 10.0. The molecule has 1 fully saturated rings. The molecule has 0 N–H and O–H groups in total. The highest BCUT2D eigenvalue weighted by molar-refractivity contribution is 5.99. The second-order valence-electron chi connectivity index (χ2n) is 12.4. The molecule has 0 aliphatic carbocycles. The van der Waals surface area contributed by atoms with Crippen LogP contribution in [0.15, 0.2) is 30.3 Å². The van der Waals surface area contributed by atoms with Crippen molar-refractivity contribution in [3.63, 3.8) is 0 Å². The van der Waals surface area contributed by atoms with E-state index in [1.165, 1.54) is 14.0 Å². The van der Waals surface area contributed by atoms with E-state index in [0.29, 0.717) is 18.4 Å². The van der Waals surface area contributed by atoms with Crippen molar-refractivity contribution < 1.29 is 38.1 Å². The number of ketones is 1. The Morgan fingerprint density at radius 2 is 1.67 bits per heavy atom. The van der Waals surface area contributed by atoms with Gasteiger partial charge in [0.25, 0.3) is 0 Å². The van der Waals surface area contributed by atoms with Gasteiger partial charge in [-0.2, -0.15) is 0 Å². The maximum atomic E-state index is 13.7. The maximum Gasteiger partial charge on any atom is 0.338 e. The van der Waals surface area contributed by atoms with Crippen LogP contribution in [0.1, 0.15) is 57.8 Å². The highest BCUT2D eigenvalue weighted by Crippen LogP contribution is 2.37. The first kappa shape index (κ1) is 35.8. The molecule has 42 heavy (non-hydrogen) atoms. The zero-order valence-corrected chi connectivity index (χ0v) is 27.3. The third kappa shape index (κ3) is 9.31. The molecular formula is C32H52N2O8. The molecule has 1 aliphatic rings. The number of hydrogen-bond acceptors (Lipinski definition) is 10. The van der Waals surface area contributed by atoms with Crippen molar-refractivity contribution in [3.05, 3.63) is 35.9 Å². The Kier molecular flexibility index (Phi) is 13.6. The van der Waals surface area contributed by atoms with E-state index < -0.39 is 47.9 Å². The van der Waals surface area contributed by atoms with Gasteiger partial charge in [-0.3, -0.25) is 9.59 Å². The van der Waals surface area contributed by atoms with Crippen molar-refractivity contribution in [1.29, 1.82) is 0 Å². The highest BCUT2D eigenvalue weighted by Gasteiger charge is 2.50. The molecule has 0 aromatic heterocycles. The first-order valence-electron chi connectivity index (χ1n) is 14.7. The lowest BCUT2D eigenvalue weighted by atomic mass is 9.78. The zero-order chi connectivity index (χ0) is 31.8. The van der Waals surface area contributed by atoms with Crippen molar-refractivity contribution in [2.24, 2.45) is 17.8 Å². The summed E-state index contributed by atoms with van der Waals surface area (Å²) in [5.41, 5.74) is -0.537. The van der Waals surface area contributed by atoms with Crippen LogP contribution in [0.5, 0.6) is 0 Å². The largest absolute Gasteiger partial charge is 0.468 e. The molecular weight excluding hydrogens is 540 g/mol. The standard InChI is InChI=1S/C32H52N2O8/c1-20(19-33(6)7)18-32(5,39-11)28(22(3)26(35)23(4)29(36)38-10)42-31-27(25(34(8)9)17-21(2)40-31)41-30(37)24-15-13-12-14-16-24/h12-16,20-23,25,27-28,31H,17-19H2,1-11H3/t20-,21-,22+,23-,25+,27-,28-,31?,32-/m1/s1. The van der Waals surface area contributed by atoms with E-state index in [1.807, 2.05) is 53.0 Å². The SMILES string of the molecule is COC(=O)[C@H](C)C(=O)[C@H](C)[C@@H](OC1O[C@H](C)C[C@H](N(C)C)[C@H]1OC(=O)c1ccccc1)[C@@](C)(C[C@@H](C)CN(C)C)OC. The first-order valence-corrected chi connectivity index (χ1v) is 14.7. The Labute approximate surface area is 251 Å². The number of carbonyl (C=O) groups excluding carboxylic acids is 3. The normalized spacial score (nSPS) is 25.3. The summed E-state index contributed by atoms with van der Waals surface area (Å²) in [5, 5.41) is 0. The van der Waals surface area contributed by atoms with Crippen molar-refractivity contribution >= 4 is 17.7 Å². The number of hydrogen-bond donors (Lipinski definition) is 0. The second-order valence-corrected chi connectivity index (χ2v) is 12.4. The van der Waals surface area contributed by atoms with E-state index >= 15 is 0 Å². The molecule has 1 aromatic carbocycles. The maximum absolute atomic E-state index is 13.7. The van der Waals surface area contributed by atoms with E-state index in [4.69, 9.17) is 23.7 Å². The topological polar surface area (TPSA) is 104 Å². The monoisotopic (exact) mass is 592 g/mol. The van der Waals surface area contributed by atoms with Gasteiger partial charge in [0.1, 0.15) is 5.92 Å². The fourth-order valence-electron chi connectivity index (χ4n) is 6.00. The third-order valence-corrected chi connectivity index (χ3v) is 8.17. The summed E-state index contributed by atoms with van der Waals surface area (Å²) in [4.78, 5) is 43.3. The van der Waals surface area contributed by atoms with Crippen LogP contribution < -0.4 is 0 Å². The first-order chi connectivity index (χ1) is 19.6. The van der Waals surface area contributed by atoms with Gasteiger partial charge in [-0.25, -0.2) is 4.79 Å². The molecule has 1 saturated heterocycles. The Bertz CT molecular complexity index is 1020. The quantitative estimate of drug-likeness (QED) is 0.221. The molecule has 1 aliphatic heterocycles. The number of rotatable bonds is 15. The van der Waals surface area contributed by atoms with Crippen LogP contribution in [0.25, 0.3) is 0 Å². The van der Waals surface area contributed by atoms with Crippen molar-refractivity contribution in [1.82, 2.24) is 9.80 Å². The number of nitrogens with zero attached hydrogens (tertiary/aromatic N) is 2. The fraction of sp³-hybridized carbons (Fsp3) is 0.719. The summed E-state index contributed by atoms with van der Waals surface area (Å²) in [6, 6.07) is 8.56. The number of carbonyl (C=O) groups is 3. The van der Waals surface area contributed by atoms with Gasteiger partial charge in [-0.1, -0.05) is 32.0 Å². The number of likely N-dealkylation sites (N-methyl/N-ethyl adjacent to an activating group) is 1. The minimum Gasteiger partial charge on any atom is -0.468 e. The molecule has 0 radical (unpaired) electrons. The molecule has 0 bridgehead atoms. The minimum atomic E-state index is -0.999. The molecule has 0 amide bonds. The van der Waals surface area contributed by atoms with Gasteiger partial charge in [0.05, 0.1) is 36.5 Å². The van der Waals surface area contributed by atoms with Crippen LogP contribution in [-0.2, 0) is 33.3 Å². The lowest BCUT2D eigenvalue weighted by molar-refractivity contribution is -0.294. The van der Waals surface area contributed by atoms with Crippen LogP contribution in [0, 0.1) is 17.8 Å². The van der Waals surface area contributed by atoms with Gasteiger partial charge < -0.3 is 33.5 Å². The van der Waals surface area contributed by atoms with Gasteiger partial charge >= 0.3 is 11.9 Å². The molecule has 0 spiro atoms. The average molecular weight is 593 g/mol. The summed E-state index contributed by atoms with van der Waals surface area (Å²) in [5.74, 6) is -3.03. The minimum absolute atomic E-state index is 0.184. The Morgan fingerprint density at radius 3 is 2.19 bits per heavy atom. The molecule has 0 saturated carbocycles. The number of Topliss-reactive ketones (excluding diaryl/α,β-unsaturated/α-hetero) is 1. The molecule has 9 atom stereocenters. The van der Waals surface area contributed by atoms with Crippen molar-refractivity contribution in [2.45, 2.75) is 83.7 Å². The van der Waals surface area contributed by atoms with Crippen LogP contribution in [0.4, 0.5) is 0 Å². The summed E-state index contributed by atoms with van der Waals surface area (Å²) in [7, 11) is 10.7. The number of benzene rings is 1. The van der Waals surface area contributed by atoms with Gasteiger partial charge in [-0.15, -0.1) is 0 Å². The third-order valence-electron chi connectivity index (χ3n) is 8.17. The lowest BCUT2D eigenvalue weighted by Gasteiger charge is -2.47. The lowest BCUT2D eigenvalue weighted by Crippen LogP contribution is -2.60. The van der Waals surface area contributed by atoms with Crippen molar-refractivity contribution in [2.75, 3.05) is 49.0 Å². The van der Waals surface area contributed by atoms with Crippen LogP contribution in [0.3, 0.4) is 0 Å². The van der Waals surface area contributed by atoms with Gasteiger partial charge in [0.15, 0.2) is 18.2 Å². The molecule has 1 heterocycles. The molecule has 10 nitrogen and oxygen atoms in total. The Balaban J connectivity index is 2.54. The van der Waals surface area contributed by atoms with E-state index in [-0.39, 0.29) is 23.8 Å². The predicted octanol–water partition coefficient (Wildman–Crippen LogP) is 3.67. The Hall–Kier alpha value is -2.37. The van der Waals surface area contributed by atoms with Gasteiger partial charge in [-0.05, 0) is 79.9 Å². The van der Waals surface area contributed by atoms with E-state index in [9.17, 15) is 14.4 Å². The fourth-order valence-corrected chi connectivity index (χ4v) is 6.00. The highest BCUT2D eigenvalue weighted by atomic mass is 16.7. The summed E-state index contributed by atoms with van der Waals surface area (Å²) < 4.78 is 30.2. The smallest absolute Gasteiger partial charge is 0.338 e. The summed E-state index contributed by atoms with van der Waals surface area (Å²) >= 11 is 0. The van der Waals surface area contributed by atoms with Crippen molar-refractivity contribution in [3.8, 4) is 0 Å². The number of ether oxygens (including phenoxy) is 5. The molecule has 2 rings (SSSR count). The van der Waals surface area contributed by atoms with Crippen LogP contribution in [0.2, 0.25) is 0 Å². The van der Waals surface area contributed by atoms with Crippen LogP contribution in [-0.4, -0.2) is 113 Å². The Morgan fingerprint density at radius 1 is 1.05 bits per heavy atom. The van der Waals surface area contributed by atoms with E-state index in [1.54, 1.807) is 38.3 Å². The molecule has 1 unspecified atom stereocenters. The van der Waals surface area contributed by atoms with E-state index in [2.05, 4.69) is 11.8 Å². The molecule has 1 aromatic rings. The second kappa shape index (κ2) is 15.9. The molecule has 238 valence electrons. The van der Waals surface area contributed by atoms with Gasteiger partial charge in [0.2, 0.25) is 0 Å². The average Bonchev–Trinajstić information content (AvgIpc) is 2.94. The number of esters is 2. The predicted molar refractivity (Wildman–Crippen MR) is 160 cm³/mol.